The normalized spacial score (nSPS) is 12.2. The first-order valence-electron chi connectivity index (χ1n) is 11.2. The van der Waals surface area contributed by atoms with Crippen LogP contribution in [0.15, 0.2) is 42.5 Å². The number of sulfonamides is 1. The molecule has 0 aliphatic rings. The van der Waals surface area contributed by atoms with Gasteiger partial charge in [0.15, 0.2) is 11.6 Å². The Morgan fingerprint density at radius 2 is 1.77 bits per heavy atom. The van der Waals surface area contributed by atoms with Crippen molar-refractivity contribution in [1.29, 1.82) is 0 Å². The topological polar surface area (TPSA) is 86.8 Å². The molecule has 0 bridgehead atoms. The Hall–Kier alpha value is -2.72. The van der Waals surface area contributed by atoms with Crippen molar-refractivity contribution < 1.29 is 26.8 Å². The standard InChI is InChI=1S/C24H30ClF2N3O4S/c1-4-22(24(32)28-5-2)29(16-17-9-6-7-10-19(17)25)23(31)11-8-14-30(35(3,33)34)18-12-13-20(26)21(27)15-18/h6-7,9-10,12-13,15,22H,4-5,8,11,14,16H2,1-3H3,(H,28,32)/t22-/m1/s1. The quantitative estimate of drug-likeness (QED) is 0.448. The van der Waals surface area contributed by atoms with Crippen LogP contribution in [0.25, 0.3) is 0 Å². The third-order valence-corrected chi connectivity index (χ3v) is 6.94. The third-order valence-electron chi connectivity index (χ3n) is 5.38. The molecule has 35 heavy (non-hydrogen) atoms. The van der Waals surface area contributed by atoms with Crippen LogP contribution in [0.3, 0.4) is 0 Å². The second-order valence-corrected chi connectivity index (χ2v) is 10.3. The summed E-state index contributed by atoms with van der Waals surface area (Å²) in [5.41, 5.74) is 0.630. The zero-order chi connectivity index (χ0) is 26.2. The smallest absolute Gasteiger partial charge is 0.242 e. The second-order valence-electron chi connectivity index (χ2n) is 7.97. The van der Waals surface area contributed by atoms with Gasteiger partial charge in [0, 0.05) is 37.1 Å². The molecule has 0 saturated carbocycles. The zero-order valence-electron chi connectivity index (χ0n) is 19.9. The van der Waals surface area contributed by atoms with Gasteiger partial charge in [0.2, 0.25) is 21.8 Å². The molecule has 1 N–H and O–H groups in total. The number of carbonyl (C=O) groups excluding carboxylic acids is 2. The maximum Gasteiger partial charge on any atom is 0.242 e. The fourth-order valence-corrected chi connectivity index (χ4v) is 4.82. The molecule has 0 aliphatic heterocycles. The van der Waals surface area contributed by atoms with E-state index in [4.69, 9.17) is 11.6 Å². The molecule has 2 rings (SSSR count). The molecule has 0 heterocycles. The molecule has 7 nitrogen and oxygen atoms in total. The van der Waals surface area contributed by atoms with Crippen molar-refractivity contribution in [3.8, 4) is 0 Å². The van der Waals surface area contributed by atoms with Crippen molar-refractivity contribution in [3.05, 3.63) is 64.7 Å². The van der Waals surface area contributed by atoms with Crippen LogP contribution in [0.4, 0.5) is 14.5 Å². The van der Waals surface area contributed by atoms with Crippen molar-refractivity contribution >= 4 is 39.1 Å². The highest BCUT2D eigenvalue weighted by atomic mass is 35.5. The number of hydrogen-bond acceptors (Lipinski definition) is 4. The minimum absolute atomic E-state index is 0.0412. The van der Waals surface area contributed by atoms with Crippen molar-refractivity contribution in [3.63, 3.8) is 0 Å². The summed E-state index contributed by atoms with van der Waals surface area (Å²) in [7, 11) is -3.82. The maximum atomic E-state index is 13.7. The van der Waals surface area contributed by atoms with Crippen LogP contribution in [0.1, 0.15) is 38.7 Å². The van der Waals surface area contributed by atoms with E-state index in [0.29, 0.717) is 23.6 Å². The van der Waals surface area contributed by atoms with Gasteiger partial charge >= 0.3 is 0 Å². The van der Waals surface area contributed by atoms with Crippen LogP contribution in [0.2, 0.25) is 5.02 Å². The lowest BCUT2D eigenvalue weighted by atomic mass is 10.1. The first kappa shape index (κ1) is 28.5. The van der Waals surface area contributed by atoms with Crippen LogP contribution in [-0.4, -0.2) is 50.5 Å². The van der Waals surface area contributed by atoms with Crippen molar-refractivity contribution in [2.24, 2.45) is 0 Å². The third kappa shape index (κ3) is 7.90. The average molecular weight is 530 g/mol. The summed E-state index contributed by atoms with van der Waals surface area (Å²) >= 11 is 6.28. The molecule has 2 aromatic carbocycles. The molecule has 1 atom stereocenters. The molecule has 192 valence electrons. The SMILES string of the molecule is CCNC(=O)[C@@H](CC)N(Cc1ccccc1Cl)C(=O)CCCN(c1ccc(F)c(F)c1)S(C)(=O)=O. The molecule has 2 aromatic rings. The lowest BCUT2D eigenvalue weighted by molar-refractivity contribution is -0.141. The van der Waals surface area contributed by atoms with Gasteiger partial charge in [-0.1, -0.05) is 36.7 Å². The summed E-state index contributed by atoms with van der Waals surface area (Å²) in [5, 5.41) is 3.19. The lowest BCUT2D eigenvalue weighted by Crippen LogP contribution is -2.49. The van der Waals surface area contributed by atoms with Crippen molar-refractivity contribution in [2.45, 2.75) is 45.7 Å². The second kappa shape index (κ2) is 12.8. The number of amides is 2. The van der Waals surface area contributed by atoms with Gasteiger partial charge in [-0.25, -0.2) is 17.2 Å². The predicted molar refractivity (Wildman–Crippen MR) is 133 cm³/mol. The number of nitrogens with one attached hydrogen (secondary N) is 1. The number of hydrogen-bond donors (Lipinski definition) is 1. The number of carbonyl (C=O) groups is 2. The molecule has 0 aliphatic carbocycles. The molecular formula is C24H30ClF2N3O4S. The van der Waals surface area contributed by atoms with E-state index in [9.17, 15) is 26.8 Å². The van der Waals surface area contributed by atoms with E-state index < -0.39 is 27.7 Å². The van der Waals surface area contributed by atoms with Crippen LogP contribution in [0.5, 0.6) is 0 Å². The van der Waals surface area contributed by atoms with Crippen LogP contribution >= 0.6 is 11.6 Å². The Morgan fingerprint density at radius 1 is 1.09 bits per heavy atom. The molecule has 0 radical (unpaired) electrons. The summed E-state index contributed by atoms with van der Waals surface area (Å²) in [6.07, 6.45) is 1.33. The number of anilines is 1. The number of halogens is 3. The van der Waals surface area contributed by atoms with E-state index in [1.165, 1.54) is 4.90 Å². The minimum Gasteiger partial charge on any atom is -0.355 e. The Kier molecular flexibility index (Phi) is 10.5. The van der Waals surface area contributed by atoms with E-state index in [-0.39, 0.29) is 43.4 Å². The molecule has 0 fully saturated rings. The summed E-state index contributed by atoms with van der Waals surface area (Å²) < 4.78 is 52.5. The Morgan fingerprint density at radius 3 is 2.34 bits per heavy atom. The van der Waals surface area contributed by atoms with Crippen LogP contribution < -0.4 is 9.62 Å². The Labute approximate surface area is 210 Å². The molecule has 11 heteroatoms. The van der Waals surface area contributed by atoms with E-state index in [2.05, 4.69) is 5.32 Å². The number of rotatable bonds is 12. The molecule has 0 spiro atoms. The van der Waals surface area contributed by atoms with Gasteiger partial charge in [-0.3, -0.25) is 13.9 Å². The first-order chi connectivity index (χ1) is 16.5. The van der Waals surface area contributed by atoms with Gasteiger partial charge in [-0.15, -0.1) is 0 Å². The van der Waals surface area contributed by atoms with Crippen molar-refractivity contribution in [2.75, 3.05) is 23.7 Å². The van der Waals surface area contributed by atoms with E-state index >= 15 is 0 Å². The van der Waals surface area contributed by atoms with Crippen molar-refractivity contribution in [1.82, 2.24) is 10.2 Å². The molecule has 0 aromatic heterocycles. The summed E-state index contributed by atoms with van der Waals surface area (Å²) in [6.45, 7) is 3.95. The molecular weight excluding hydrogens is 500 g/mol. The highest BCUT2D eigenvalue weighted by Crippen LogP contribution is 2.23. The maximum absolute atomic E-state index is 13.7. The van der Waals surface area contributed by atoms with Gasteiger partial charge < -0.3 is 10.2 Å². The fraction of sp³-hybridized carbons (Fsp3) is 0.417. The van der Waals surface area contributed by atoms with Gasteiger partial charge in [0.1, 0.15) is 6.04 Å². The minimum atomic E-state index is -3.82. The highest BCUT2D eigenvalue weighted by molar-refractivity contribution is 7.92. The first-order valence-corrected chi connectivity index (χ1v) is 13.5. The molecule has 0 saturated heterocycles. The van der Waals surface area contributed by atoms with E-state index in [0.717, 1.165) is 28.8 Å². The fourth-order valence-electron chi connectivity index (χ4n) is 3.67. The number of likely N-dealkylation sites (N-methyl/N-ethyl adjacent to an activating group) is 1. The molecule has 2 amide bonds. The van der Waals surface area contributed by atoms with Crippen LogP contribution in [-0.2, 0) is 26.2 Å². The molecule has 0 unspecified atom stereocenters. The summed E-state index contributed by atoms with van der Waals surface area (Å²) in [6, 6.07) is 9.06. The van der Waals surface area contributed by atoms with Gasteiger partial charge in [0.05, 0.1) is 11.9 Å². The average Bonchev–Trinajstić information content (AvgIpc) is 2.79. The summed E-state index contributed by atoms with van der Waals surface area (Å²) in [5.74, 6) is -2.92. The van der Waals surface area contributed by atoms with E-state index in [1.807, 2.05) is 0 Å². The number of benzene rings is 2. The van der Waals surface area contributed by atoms with Gasteiger partial charge in [0.25, 0.3) is 0 Å². The van der Waals surface area contributed by atoms with Crippen LogP contribution in [0, 0.1) is 11.6 Å². The predicted octanol–water partition coefficient (Wildman–Crippen LogP) is 4.11. The van der Waals surface area contributed by atoms with Gasteiger partial charge in [-0.2, -0.15) is 0 Å². The Balaban J connectivity index is 2.23. The zero-order valence-corrected chi connectivity index (χ0v) is 21.5. The van der Waals surface area contributed by atoms with E-state index in [1.54, 1.807) is 38.1 Å². The number of nitrogens with zero attached hydrogens (tertiary/aromatic N) is 2. The summed E-state index contributed by atoms with van der Waals surface area (Å²) in [4.78, 5) is 27.4. The highest BCUT2D eigenvalue weighted by Gasteiger charge is 2.29. The lowest BCUT2D eigenvalue weighted by Gasteiger charge is -2.31. The Bertz CT molecular complexity index is 1150. The monoisotopic (exact) mass is 529 g/mol. The largest absolute Gasteiger partial charge is 0.355 e. The van der Waals surface area contributed by atoms with Gasteiger partial charge in [-0.05, 0) is 43.5 Å².